The van der Waals surface area contributed by atoms with Crippen LogP contribution in [0, 0.1) is 0 Å². The van der Waals surface area contributed by atoms with E-state index in [1.54, 1.807) is 24.4 Å². The van der Waals surface area contributed by atoms with Gasteiger partial charge in [-0.2, -0.15) is 5.21 Å². The summed E-state index contributed by atoms with van der Waals surface area (Å²) in [5.74, 6) is -0.204. The van der Waals surface area contributed by atoms with Crippen LogP contribution in [-0.4, -0.2) is 43.8 Å². The van der Waals surface area contributed by atoms with Crippen LogP contribution in [0.3, 0.4) is 0 Å². The Morgan fingerprint density at radius 3 is 2.77 bits per heavy atom. The zero-order chi connectivity index (χ0) is 15.5. The summed E-state index contributed by atoms with van der Waals surface area (Å²) in [6, 6.07) is 8.23. The van der Waals surface area contributed by atoms with Gasteiger partial charge in [0.05, 0.1) is 12.7 Å². The molecule has 22 heavy (non-hydrogen) atoms. The van der Waals surface area contributed by atoms with E-state index in [0.29, 0.717) is 28.4 Å². The molecule has 3 aromatic rings. The third kappa shape index (κ3) is 2.49. The molecule has 0 spiro atoms. The second-order valence-electron chi connectivity index (χ2n) is 4.39. The number of pyridine rings is 1. The molecule has 0 bridgehead atoms. The van der Waals surface area contributed by atoms with Crippen LogP contribution in [0.4, 0.5) is 0 Å². The van der Waals surface area contributed by atoms with Gasteiger partial charge in [0.25, 0.3) is 0 Å². The first-order valence-electron chi connectivity index (χ1n) is 6.30. The fraction of sp³-hybridized carbons (Fsp3) is 0.0714. The molecule has 2 heterocycles. The van der Waals surface area contributed by atoms with Crippen molar-refractivity contribution in [3.05, 3.63) is 42.1 Å². The lowest BCUT2D eigenvalue weighted by Crippen LogP contribution is -1.99. The number of aromatic amines is 1. The highest BCUT2D eigenvalue weighted by Gasteiger charge is 2.15. The number of rotatable bonds is 4. The number of H-pyrrole nitrogens is 1. The number of nitrogens with zero attached hydrogens (tertiary/aromatic N) is 4. The number of hydrogen-bond donors (Lipinski definition) is 2. The summed E-state index contributed by atoms with van der Waals surface area (Å²) in [6.07, 6.45) is 1.61. The highest BCUT2D eigenvalue weighted by Crippen LogP contribution is 2.31. The van der Waals surface area contributed by atoms with E-state index >= 15 is 0 Å². The number of carboxylic acids is 1. The Balaban J connectivity index is 2.21. The van der Waals surface area contributed by atoms with Gasteiger partial charge in [-0.3, -0.25) is 4.98 Å². The lowest BCUT2D eigenvalue weighted by Gasteiger charge is -2.09. The van der Waals surface area contributed by atoms with Gasteiger partial charge in [-0.15, -0.1) is 10.2 Å². The van der Waals surface area contributed by atoms with E-state index in [9.17, 15) is 9.90 Å². The van der Waals surface area contributed by atoms with Gasteiger partial charge in [-0.25, -0.2) is 4.79 Å². The molecule has 0 saturated heterocycles. The summed E-state index contributed by atoms with van der Waals surface area (Å²) < 4.78 is 5.27. The molecule has 0 unspecified atom stereocenters. The van der Waals surface area contributed by atoms with Gasteiger partial charge < -0.3 is 9.84 Å². The molecule has 110 valence electrons. The average molecular weight is 297 g/mol. The number of benzene rings is 1. The number of carbonyl (C=O) groups is 1. The quantitative estimate of drug-likeness (QED) is 0.752. The molecule has 2 N–H and O–H groups in total. The highest BCUT2D eigenvalue weighted by molar-refractivity contribution is 5.91. The van der Waals surface area contributed by atoms with E-state index in [1.165, 1.54) is 19.2 Å². The van der Waals surface area contributed by atoms with Crippen molar-refractivity contribution in [1.29, 1.82) is 0 Å². The minimum absolute atomic E-state index is 0.102. The maximum atomic E-state index is 11.3. The maximum Gasteiger partial charge on any atom is 0.335 e. The molecule has 0 saturated carbocycles. The minimum Gasteiger partial charge on any atom is -0.494 e. The van der Waals surface area contributed by atoms with Crippen molar-refractivity contribution >= 4 is 5.97 Å². The van der Waals surface area contributed by atoms with E-state index in [1.807, 2.05) is 0 Å². The summed E-state index contributed by atoms with van der Waals surface area (Å²) in [6.45, 7) is 0. The monoisotopic (exact) mass is 297 g/mol. The molecular formula is C14H11N5O3. The van der Waals surface area contributed by atoms with Crippen LogP contribution >= 0.6 is 0 Å². The van der Waals surface area contributed by atoms with Crippen molar-refractivity contribution in [3.8, 4) is 28.4 Å². The normalized spacial score (nSPS) is 10.4. The number of ether oxygens (including phenoxy) is 1. The maximum absolute atomic E-state index is 11.3. The van der Waals surface area contributed by atoms with Crippen molar-refractivity contribution in [2.24, 2.45) is 0 Å². The zero-order valence-electron chi connectivity index (χ0n) is 11.5. The first-order chi connectivity index (χ1) is 10.7. The number of aromatic carboxylic acids is 1. The molecule has 0 aliphatic rings. The van der Waals surface area contributed by atoms with Crippen LogP contribution in [0.5, 0.6) is 5.75 Å². The molecule has 8 heteroatoms. The average Bonchev–Trinajstić information content (AvgIpc) is 3.09. The molecule has 0 atom stereocenters. The van der Waals surface area contributed by atoms with Crippen LogP contribution in [0.1, 0.15) is 10.4 Å². The molecule has 0 fully saturated rings. The third-order valence-corrected chi connectivity index (χ3v) is 3.05. The molecule has 1 aromatic carbocycles. The molecule has 0 radical (unpaired) electrons. The van der Waals surface area contributed by atoms with Gasteiger partial charge in [-0.1, -0.05) is 0 Å². The van der Waals surface area contributed by atoms with Crippen LogP contribution in [0.2, 0.25) is 0 Å². The van der Waals surface area contributed by atoms with Crippen LogP contribution in [-0.2, 0) is 0 Å². The van der Waals surface area contributed by atoms with Crippen LogP contribution in [0.15, 0.2) is 36.5 Å². The van der Waals surface area contributed by atoms with E-state index in [2.05, 4.69) is 25.6 Å². The predicted molar refractivity (Wildman–Crippen MR) is 76.4 cm³/mol. The van der Waals surface area contributed by atoms with E-state index < -0.39 is 5.97 Å². The number of aromatic nitrogens is 5. The van der Waals surface area contributed by atoms with Gasteiger partial charge in [-0.05, 0) is 35.5 Å². The lowest BCUT2D eigenvalue weighted by atomic mass is 10.0. The number of methoxy groups -OCH3 is 1. The first-order valence-corrected chi connectivity index (χ1v) is 6.30. The standard InChI is InChI=1S/C14H11N5O3/c1-22-11-3-2-4-15-12(11)8-5-9(13-16-18-19-17-13)7-10(6-8)14(20)21/h2-7H,1H3,(H,20,21)(H,16,17,18,19). The Labute approximate surface area is 124 Å². The number of carboxylic acid groups (broad SMARTS) is 1. The third-order valence-electron chi connectivity index (χ3n) is 3.05. The number of tetrazole rings is 1. The van der Waals surface area contributed by atoms with Crippen molar-refractivity contribution in [3.63, 3.8) is 0 Å². The molecule has 2 aromatic heterocycles. The van der Waals surface area contributed by atoms with E-state index in [4.69, 9.17) is 4.74 Å². The molecule has 0 aliphatic carbocycles. The lowest BCUT2D eigenvalue weighted by molar-refractivity contribution is 0.0697. The summed E-state index contributed by atoms with van der Waals surface area (Å²) in [7, 11) is 1.53. The van der Waals surface area contributed by atoms with Crippen LogP contribution in [0.25, 0.3) is 22.6 Å². The number of nitrogens with one attached hydrogen (secondary N) is 1. The second-order valence-corrected chi connectivity index (χ2v) is 4.39. The molecular weight excluding hydrogens is 286 g/mol. The first kappa shape index (κ1) is 13.7. The van der Waals surface area contributed by atoms with E-state index in [-0.39, 0.29) is 5.56 Å². The van der Waals surface area contributed by atoms with Crippen molar-refractivity contribution in [1.82, 2.24) is 25.6 Å². The van der Waals surface area contributed by atoms with Crippen molar-refractivity contribution in [2.45, 2.75) is 0 Å². The second kappa shape index (κ2) is 5.60. The zero-order valence-corrected chi connectivity index (χ0v) is 11.5. The van der Waals surface area contributed by atoms with Crippen molar-refractivity contribution < 1.29 is 14.6 Å². The van der Waals surface area contributed by atoms with Gasteiger partial charge in [0.1, 0.15) is 11.4 Å². The van der Waals surface area contributed by atoms with E-state index in [0.717, 1.165) is 0 Å². The largest absolute Gasteiger partial charge is 0.494 e. The summed E-state index contributed by atoms with van der Waals surface area (Å²) in [5, 5.41) is 22.9. The van der Waals surface area contributed by atoms with Crippen LogP contribution < -0.4 is 4.74 Å². The smallest absolute Gasteiger partial charge is 0.335 e. The fourth-order valence-corrected chi connectivity index (χ4v) is 2.07. The highest BCUT2D eigenvalue weighted by atomic mass is 16.5. The SMILES string of the molecule is COc1cccnc1-c1cc(C(=O)O)cc(-c2nn[nH]n2)c1. The molecule has 3 rings (SSSR count). The summed E-state index contributed by atoms with van der Waals surface area (Å²) >= 11 is 0. The topological polar surface area (TPSA) is 114 Å². The molecule has 8 nitrogen and oxygen atoms in total. The Kier molecular flexibility index (Phi) is 3.48. The van der Waals surface area contributed by atoms with Gasteiger partial charge in [0, 0.05) is 17.3 Å². The van der Waals surface area contributed by atoms with Crippen molar-refractivity contribution in [2.75, 3.05) is 7.11 Å². The van der Waals surface area contributed by atoms with Gasteiger partial charge in [0.15, 0.2) is 0 Å². The Morgan fingerprint density at radius 2 is 2.09 bits per heavy atom. The minimum atomic E-state index is -1.05. The Bertz CT molecular complexity index is 817. The molecule has 0 amide bonds. The Hall–Kier alpha value is -3.29. The summed E-state index contributed by atoms with van der Waals surface area (Å²) in [5.41, 5.74) is 1.76. The predicted octanol–water partition coefficient (Wildman–Crippen LogP) is 1.64. The number of hydrogen-bond acceptors (Lipinski definition) is 6. The van der Waals surface area contributed by atoms with Gasteiger partial charge in [0.2, 0.25) is 5.82 Å². The Morgan fingerprint density at radius 1 is 1.27 bits per heavy atom. The van der Waals surface area contributed by atoms with Gasteiger partial charge >= 0.3 is 5.97 Å². The molecule has 0 aliphatic heterocycles. The fourth-order valence-electron chi connectivity index (χ4n) is 2.07. The summed E-state index contributed by atoms with van der Waals surface area (Å²) in [4.78, 5) is 15.6.